The first-order chi connectivity index (χ1) is 10.4. The van der Waals surface area contributed by atoms with Crippen LogP contribution in [0.4, 0.5) is 0 Å². The van der Waals surface area contributed by atoms with Crippen LogP contribution in [-0.2, 0) is 12.8 Å². The van der Waals surface area contributed by atoms with Gasteiger partial charge in [0.1, 0.15) is 5.75 Å². The second-order valence-electron chi connectivity index (χ2n) is 5.31. The summed E-state index contributed by atoms with van der Waals surface area (Å²) in [5, 5.41) is 0. The van der Waals surface area contributed by atoms with E-state index in [9.17, 15) is 0 Å². The first-order valence-corrected chi connectivity index (χ1v) is 7.15. The molecule has 0 fully saturated rings. The lowest BCUT2D eigenvalue weighted by atomic mass is 9.87. The van der Waals surface area contributed by atoms with Gasteiger partial charge in [0.25, 0.3) is 0 Å². The van der Waals surface area contributed by atoms with E-state index >= 15 is 0 Å². The predicted molar refractivity (Wildman–Crippen MR) is 83.4 cm³/mol. The molecule has 2 heterocycles. The number of pyridine rings is 1. The third-order valence-corrected chi connectivity index (χ3v) is 4.21. The first-order valence-electron chi connectivity index (χ1n) is 7.15. The van der Waals surface area contributed by atoms with Crippen molar-refractivity contribution in [3.05, 3.63) is 60.0 Å². The van der Waals surface area contributed by atoms with E-state index < -0.39 is 0 Å². The number of ether oxygens (including phenoxy) is 1. The highest BCUT2D eigenvalue weighted by Crippen LogP contribution is 2.39. The Hall–Kier alpha value is -2.55. The first kappa shape index (κ1) is 12.2. The van der Waals surface area contributed by atoms with Crippen LogP contribution in [0.3, 0.4) is 0 Å². The molecule has 0 atom stereocenters. The molecule has 1 aliphatic carbocycles. The van der Waals surface area contributed by atoms with Crippen molar-refractivity contribution >= 4 is 0 Å². The summed E-state index contributed by atoms with van der Waals surface area (Å²) < 4.78 is 5.33. The van der Waals surface area contributed by atoms with Gasteiger partial charge >= 0.3 is 0 Å². The van der Waals surface area contributed by atoms with Crippen LogP contribution in [0.15, 0.2) is 48.9 Å². The Morgan fingerprint density at radius 2 is 1.90 bits per heavy atom. The van der Waals surface area contributed by atoms with Gasteiger partial charge in [-0.1, -0.05) is 0 Å². The van der Waals surface area contributed by atoms with E-state index in [0.717, 1.165) is 18.6 Å². The normalized spacial score (nSPS) is 12.6. The maximum Gasteiger partial charge on any atom is 0.119 e. The van der Waals surface area contributed by atoms with E-state index in [1.165, 1.54) is 33.5 Å². The molecule has 4 rings (SSSR count). The summed E-state index contributed by atoms with van der Waals surface area (Å²) >= 11 is 0. The van der Waals surface area contributed by atoms with Crippen molar-refractivity contribution < 1.29 is 4.74 Å². The fraction of sp³-hybridized carbons (Fsp3) is 0.167. The van der Waals surface area contributed by atoms with Crippen LogP contribution in [0.1, 0.15) is 11.1 Å². The Morgan fingerprint density at radius 3 is 2.71 bits per heavy atom. The molecule has 3 nitrogen and oxygen atoms in total. The molecule has 2 aromatic heterocycles. The number of nitrogens with zero attached hydrogens (tertiary/aromatic N) is 1. The van der Waals surface area contributed by atoms with Crippen LogP contribution in [0, 0.1) is 0 Å². The Labute approximate surface area is 123 Å². The number of methoxy groups -OCH3 is 1. The molecule has 0 saturated carbocycles. The summed E-state index contributed by atoms with van der Waals surface area (Å²) in [6.45, 7) is 0. The molecule has 0 bridgehead atoms. The highest BCUT2D eigenvalue weighted by Gasteiger charge is 2.21. The molecule has 0 radical (unpaired) electrons. The number of aromatic nitrogens is 2. The number of rotatable bonds is 2. The van der Waals surface area contributed by atoms with Crippen molar-refractivity contribution in [2.45, 2.75) is 12.8 Å². The molecule has 1 N–H and O–H groups in total. The minimum Gasteiger partial charge on any atom is -0.497 e. The molecule has 104 valence electrons. The highest BCUT2D eigenvalue weighted by molar-refractivity contribution is 5.80. The Balaban J connectivity index is 1.85. The van der Waals surface area contributed by atoms with Gasteiger partial charge in [0.05, 0.1) is 7.11 Å². The summed E-state index contributed by atoms with van der Waals surface area (Å²) in [5.41, 5.74) is 7.79. The second-order valence-corrected chi connectivity index (χ2v) is 5.31. The van der Waals surface area contributed by atoms with Gasteiger partial charge in [0.2, 0.25) is 0 Å². The minimum absolute atomic E-state index is 0.929. The SMILES string of the molecule is COc1ccc2c(c1)CCc1c(-c3ccncc3)c[nH]c1-2. The number of aryl methyl sites for hydroxylation is 1. The predicted octanol–water partition coefficient (Wildman–Crippen LogP) is 3.85. The maximum atomic E-state index is 5.33. The van der Waals surface area contributed by atoms with Crippen LogP contribution in [0.5, 0.6) is 5.75 Å². The summed E-state index contributed by atoms with van der Waals surface area (Å²) in [6, 6.07) is 10.4. The maximum absolute atomic E-state index is 5.33. The molecule has 21 heavy (non-hydrogen) atoms. The topological polar surface area (TPSA) is 37.9 Å². The zero-order valence-corrected chi connectivity index (χ0v) is 11.9. The fourth-order valence-electron chi connectivity index (χ4n) is 3.15. The molecule has 0 spiro atoms. The molecule has 3 aromatic rings. The number of nitrogens with one attached hydrogen (secondary N) is 1. The lowest BCUT2D eigenvalue weighted by Gasteiger charge is -2.18. The van der Waals surface area contributed by atoms with Gasteiger partial charge in [0.15, 0.2) is 0 Å². The van der Waals surface area contributed by atoms with E-state index in [1.54, 1.807) is 7.11 Å². The largest absolute Gasteiger partial charge is 0.497 e. The lowest BCUT2D eigenvalue weighted by Crippen LogP contribution is -2.03. The molecule has 0 saturated heterocycles. The Kier molecular flexibility index (Phi) is 2.78. The summed E-state index contributed by atoms with van der Waals surface area (Å²) in [4.78, 5) is 7.56. The van der Waals surface area contributed by atoms with Crippen molar-refractivity contribution in [3.63, 3.8) is 0 Å². The highest BCUT2D eigenvalue weighted by atomic mass is 16.5. The number of aromatic amines is 1. The van der Waals surface area contributed by atoms with Crippen molar-refractivity contribution in [1.29, 1.82) is 0 Å². The van der Waals surface area contributed by atoms with Crippen LogP contribution >= 0.6 is 0 Å². The van der Waals surface area contributed by atoms with Gasteiger partial charge < -0.3 is 9.72 Å². The van der Waals surface area contributed by atoms with E-state index in [4.69, 9.17) is 4.74 Å². The minimum atomic E-state index is 0.929. The number of hydrogen-bond donors (Lipinski definition) is 1. The number of fused-ring (bicyclic) bond motifs is 3. The number of hydrogen-bond acceptors (Lipinski definition) is 2. The molecule has 3 heteroatoms. The average Bonchev–Trinajstić information content (AvgIpc) is 2.99. The van der Waals surface area contributed by atoms with E-state index in [1.807, 2.05) is 18.5 Å². The third-order valence-electron chi connectivity index (χ3n) is 4.21. The van der Waals surface area contributed by atoms with Crippen molar-refractivity contribution in [1.82, 2.24) is 9.97 Å². The molecule has 0 amide bonds. The second kappa shape index (κ2) is 4.77. The van der Waals surface area contributed by atoms with E-state index in [0.29, 0.717) is 0 Å². The summed E-state index contributed by atoms with van der Waals surface area (Å²) in [6.07, 6.45) is 7.90. The van der Waals surface area contributed by atoms with Gasteiger partial charge in [-0.25, -0.2) is 0 Å². The van der Waals surface area contributed by atoms with Crippen molar-refractivity contribution in [2.75, 3.05) is 7.11 Å². The zero-order valence-electron chi connectivity index (χ0n) is 11.9. The van der Waals surface area contributed by atoms with Crippen molar-refractivity contribution in [2.24, 2.45) is 0 Å². The van der Waals surface area contributed by atoms with Gasteiger partial charge in [-0.05, 0) is 59.9 Å². The van der Waals surface area contributed by atoms with Crippen molar-refractivity contribution in [3.8, 4) is 28.1 Å². The van der Waals surface area contributed by atoms with E-state index in [2.05, 4.69) is 40.4 Å². The molecule has 1 aromatic carbocycles. The molecular weight excluding hydrogens is 260 g/mol. The van der Waals surface area contributed by atoms with Gasteiger partial charge in [-0.3, -0.25) is 4.98 Å². The van der Waals surface area contributed by atoms with Crippen LogP contribution in [0.2, 0.25) is 0 Å². The molecule has 0 aliphatic heterocycles. The van der Waals surface area contributed by atoms with Gasteiger partial charge in [0, 0.05) is 35.4 Å². The third kappa shape index (κ3) is 1.93. The summed E-state index contributed by atoms with van der Waals surface area (Å²) in [5.74, 6) is 0.929. The van der Waals surface area contributed by atoms with Gasteiger partial charge in [-0.2, -0.15) is 0 Å². The fourth-order valence-corrected chi connectivity index (χ4v) is 3.15. The standard InChI is InChI=1S/C18H16N2O/c1-21-14-3-5-15-13(10-14)2-4-16-17(11-20-18(15)16)12-6-8-19-9-7-12/h3,5-11,20H,2,4H2,1H3. The average molecular weight is 276 g/mol. The molecule has 1 aliphatic rings. The lowest BCUT2D eigenvalue weighted by molar-refractivity contribution is 0.414. The number of benzene rings is 1. The smallest absolute Gasteiger partial charge is 0.119 e. The van der Waals surface area contributed by atoms with Crippen LogP contribution in [0.25, 0.3) is 22.4 Å². The van der Waals surface area contributed by atoms with Crippen LogP contribution < -0.4 is 4.74 Å². The number of H-pyrrole nitrogens is 1. The monoisotopic (exact) mass is 276 g/mol. The van der Waals surface area contributed by atoms with Crippen LogP contribution in [-0.4, -0.2) is 17.1 Å². The Bertz CT molecular complexity index is 790. The Morgan fingerprint density at radius 1 is 1.05 bits per heavy atom. The molecular formula is C18H16N2O. The van der Waals surface area contributed by atoms with Gasteiger partial charge in [-0.15, -0.1) is 0 Å². The molecule has 0 unspecified atom stereocenters. The quantitative estimate of drug-likeness (QED) is 0.772. The van der Waals surface area contributed by atoms with E-state index in [-0.39, 0.29) is 0 Å². The summed E-state index contributed by atoms with van der Waals surface area (Å²) in [7, 11) is 1.71. The zero-order chi connectivity index (χ0) is 14.2.